The molecule has 3 amide bonds. The lowest BCUT2D eigenvalue weighted by molar-refractivity contribution is -0.144. The van der Waals surface area contributed by atoms with Gasteiger partial charge in [0.05, 0.1) is 29.2 Å². The van der Waals surface area contributed by atoms with E-state index in [9.17, 15) is 19.5 Å². The van der Waals surface area contributed by atoms with Crippen molar-refractivity contribution in [2.24, 2.45) is 11.8 Å². The molecule has 6 atom stereocenters. The highest BCUT2D eigenvalue weighted by Crippen LogP contribution is 2.61. The standard InChI is InChI=1S/C32H34ClN3O4S/c1-2-16-34-17-6-10-25-26(29(34)38)27-30(39)36(24(20-37)19-21-8-4-3-5-9-21)28-31(40)35(18-7-15-32(27,28)41-25)23-13-11-22(33)12-14-23/h3-15,24-28,37H,2,16-20H2,1H3/t24-,25-,26+,27+,28?,32+/m1/s1. The van der Waals surface area contributed by atoms with Crippen molar-refractivity contribution in [1.29, 1.82) is 0 Å². The normalized spacial score (nSPS) is 29.7. The van der Waals surface area contributed by atoms with Crippen molar-refractivity contribution in [2.45, 2.75) is 41.8 Å². The van der Waals surface area contributed by atoms with E-state index in [0.717, 1.165) is 12.0 Å². The Morgan fingerprint density at radius 1 is 1.00 bits per heavy atom. The smallest absolute Gasteiger partial charge is 0.251 e. The molecule has 4 aliphatic rings. The fourth-order valence-corrected chi connectivity index (χ4v) is 9.10. The van der Waals surface area contributed by atoms with Gasteiger partial charge < -0.3 is 19.8 Å². The van der Waals surface area contributed by atoms with Crippen LogP contribution in [0.25, 0.3) is 0 Å². The van der Waals surface area contributed by atoms with Crippen molar-refractivity contribution in [1.82, 2.24) is 9.80 Å². The average molecular weight is 592 g/mol. The Morgan fingerprint density at radius 3 is 2.46 bits per heavy atom. The minimum atomic E-state index is -0.940. The number of hydrogen-bond donors (Lipinski definition) is 1. The second kappa shape index (κ2) is 11.3. The number of aliphatic hydroxyl groups is 1. The SMILES string of the molecule is CCCN1CC=C[C@H]2S[C@]34C=CCN(c5ccc(Cl)cc5)C(=O)C3N([C@@H](CO)Cc3ccccc3)C(=O)[C@@H]4[C@H]2C1=O. The molecule has 1 N–H and O–H groups in total. The zero-order valence-corrected chi connectivity index (χ0v) is 24.5. The van der Waals surface area contributed by atoms with E-state index in [1.165, 1.54) is 0 Å². The van der Waals surface area contributed by atoms with Crippen LogP contribution in [0.3, 0.4) is 0 Å². The Kier molecular flexibility index (Phi) is 7.74. The fraction of sp³-hybridized carbons (Fsp3) is 0.406. The quantitative estimate of drug-likeness (QED) is 0.493. The lowest BCUT2D eigenvalue weighted by Gasteiger charge is -2.38. The number of nitrogens with zero attached hydrogens (tertiary/aromatic N) is 3. The van der Waals surface area contributed by atoms with Gasteiger partial charge in [-0.15, -0.1) is 11.8 Å². The first-order valence-corrected chi connectivity index (χ1v) is 15.5. The maximum Gasteiger partial charge on any atom is 0.251 e. The molecule has 2 aromatic carbocycles. The topological polar surface area (TPSA) is 81.2 Å². The Morgan fingerprint density at radius 2 is 1.76 bits per heavy atom. The van der Waals surface area contributed by atoms with Crippen molar-refractivity contribution in [3.8, 4) is 0 Å². The molecule has 2 aromatic rings. The van der Waals surface area contributed by atoms with Crippen LogP contribution < -0.4 is 4.90 Å². The minimum Gasteiger partial charge on any atom is -0.394 e. The van der Waals surface area contributed by atoms with Crippen LogP contribution in [-0.4, -0.2) is 80.9 Å². The molecule has 4 heterocycles. The van der Waals surface area contributed by atoms with Gasteiger partial charge in [0.1, 0.15) is 6.04 Å². The number of hydrogen-bond acceptors (Lipinski definition) is 5. The molecule has 0 aliphatic carbocycles. The molecule has 2 saturated heterocycles. The third-order valence-electron chi connectivity index (χ3n) is 8.73. The molecule has 9 heteroatoms. The number of fused-ring (bicyclic) bond motifs is 2. The van der Waals surface area contributed by atoms with E-state index in [-0.39, 0.29) is 29.6 Å². The predicted molar refractivity (Wildman–Crippen MR) is 162 cm³/mol. The van der Waals surface area contributed by atoms with E-state index < -0.39 is 28.7 Å². The van der Waals surface area contributed by atoms with E-state index in [1.54, 1.807) is 45.8 Å². The van der Waals surface area contributed by atoms with E-state index in [1.807, 2.05) is 60.4 Å². The van der Waals surface area contributed by atoms with Crippen LogP contribution in [0.1, 0.15) is 18.9 Å². The van der Waals surface area contributed by atoms with E-state index in [2.05, 4.69) is 6.08 Å². The van der Waals surface area contributed by atoms with Crippen LogP contribution >= 0.6 is 23.4 Å². The summed E-state index contributed by atoms with van der Waals surface area (Å²) in [6, 6.07) is 15.3. The number of rotatable bonds is 7. The first kappa shape index (κ1) is 28.1. The lowest BCUT2D eigenvalue weighted by Crippen LogP contribution is -2.57. The second-order valence-electron chi connectivity index (χ2n) is 11.2. The Balaban J connectivity index is 1.47. The van der Waals surface area contributed by atoms with Gasteiger partial charge in [-0.25, -0.2) is 0 Å². The molecule has 1 spiro atoms. The lowest BCUT2D eigenvalue weighted by atomic mass is 9.78. The highest BCUT2D eigenvalue weighted by Gasteiger charge is 2.71. The van der Waals surface area contributed by atoms with Gasteiger partial charge in [0.2, 0.25) is 11.8 Å². The van der Waals surface area contributed by atoms with Crippen LogP contribution in [0.2, 0.25) is 5.02 Å². The van der Waals surface area contributed by atoms with Gasteiger partial charge in [-0.3, -0.25) is 14.4 Å². The third-order valence-corrected chi connectivity index (χ3v) is 10.7. The van der Waals surface area contributed by atoms with Gasteiger partial charge in [0.15, 0.2) is 0 Å². The molecular formula is C32H34ClN3O4S. The number of likely N-dealkylation sites (tertiary alicyclic amines) is 1. The summed E-state index contributed by atoms with van der Waals surface area (Å²) in [6.45, 7) is 3.21. The van der Waals surface area contributed by atoms with Crippen LogP contribution in [-0.2, 0) is 20.8 Å². The Labute approximate surface area is 249 Å². The molecule has 214 valence electrons. The first-order chi connectivity index (χ1) is 19.9. The number of amides is 3. The third kappa shape index (κ3) is 4.70. The summed E-state index contributed by atoms with van der Waals surface area (Å²) in [5.74, 6) is -1.78. The molecule has 41 heavy (non-hydrogen) atoms. The number of thioether (sulfide) groups is 1. The zero-order valence-electron chi connectivity index (χ0n) is 22.9. The largest absolute Gasteiger partial charge is 0.394 e. The fourth-order valence-electron chi connectivity index (χ4n) is 6.98. The van der Waals surface area contributed by atoms with Crippen molar-refractivity contribution in [2.75, 3.05) is 31.1 Å². The summed E-state index contributed by atoms with van der Waals surface area (Å²) in [4.78, 5) is 48.5. The van der Waals surface area contributed by atoms with Gasteiger partial charge in [-0.1, -0.05) is 73.2 Å². The molecule has 0 bridgehead atoms. The summed E-state index contributed by atoms with van der Waals surface area (Å²) < 4.78 is -0.940. The van der Waals surface area contributed by atoms with E-state index >= 15 is 0 Å². The molecule has 0 radical (unpaired) electrons. The van der Waals surface area contributed by atoms with Crippen LogP contribution in [0.15, 0.2) is 78.9 Å². The summed E-state index contributed by atoms with van der Waals surface area (Å²) in [7, 11) is 0. The molecular weight excluding hydrogens is 558 g/mol. The van der Waals surface area contributed by atoms with Crippen LogP contribution in [0.5, 0.6) is 0 Å². The zero-order chi connectivity index (χ0) is 28.7. The summed E-state index contributed by atoms with van der Waals surface area (Å²) in [5, 5.41) is 11.0. The predicted octanol–water partition coefficient (Wildman–Crippen LogP) is 3.95. The van der Waals surface area contributed by atoms with E-state index in [0.29, 0.717) is 36.8 Å². The van der Waals surface area contributed by atoms with Gasteiger partial charge in [-0.05, 0) is 42.7 Å². The van der Waals surface area contributed by atoms with E-state index in [4.69, 9.17) is 11.6 Å². The first-order valence-electron chi connectivity index (χ1n) is 14.2. The molecule has 1 unspecified atom stereocenters. The van der Waals surface area contributed by atoms with Crippen molar-refractivity contribution in [3.05, 3.63) is 89.5 Å². The molecule has 0 saturated carbocycles. The summed E-state index contributed by atoms with van der Waals surface area (Å²) >= 11 is 7.71. The van der Waals surface area contributed by atoms with Gasteiger partial charge >= 0.3 is 0 Å². The molecule has 0 aromatic heterocycles. The van der Waals surface area contributed by atoms with Crippen LogP contribution in [0, 0.1) is 11.8 Å². The number of aliphatic hydroxyl groups excluding tert-OH is 1. The molecule has 4 aliphatic heterocycles. The van der Waals surface area contributed by atoms with Gasteiger partial charge in [0.25, 0.3) is 5.91 Å². The monoisotopic (exact) mass is 591 g/mol. The van der Waals surface area contributed by atoms with Gasteiger partial charge in [-0.2, -0.15) is 0 Å². The summed E-state index contributed by atoms with van der Waals surface area (Å²) in [5.41, 5.74) is 1.65. The molecule has 6 rings (SSSR count). The van der Waals surface area contributed by atoms with Crippen molar-refractivity contribution >= 4 is 46.8 Å². The average Bonchev–Trinajstić information content (AvgIpc) is 3.30. The second-order valence-corrected chi connectivity index (χ2v) is 13.1. The van der Waals surface area contributed by atoms with Crippen molar-refractivity contribution in [3.63, 3.8) is 0 Å². The Bertz CT molecular complexity index is 1380. The molecule has 7 nitrogen and oxygen atoms in total. The Hall–Kier alpha value is -3.07. The number of halogens is 1. The number of carbonyl (C=O) groups excluding carboxylic acids is 3. The summed E-state index contributed by atoms with van der Waals surface area (Å²) in [6.07, 6.45) is 9.26. The maximum absolute atomic E-state index is 14.7. The minimum absolute atomic E-state index is 0.0339. The maximum atomic E-state index is 14.7. The molecule has 2 fully saturated rings. The number of anilines is 1. The number of benzene rings is 2. The van der Waals surface area contributed by atoms with Crippen molar-refractivity contribution < 1.29 is 19.5 Å². The highest BCUT2D eigenvalue weighted by atomic mass is 35.5. The highest BCUT2D eigenvalue weighted by molar-refractivity contribution is 8.02. The van der Waals surface area contributed by atoms with Gasteiger partial charge in [0, 0.05) is 35.6 Å². The van der Waals surface area contributed by atoms with Crippen LogP contribution in [0.4, 0.5) is 5.69 Å². The number of carbonyl (C=O) groups is 3.